The van der Waals surface area contributed by atoms with Crippen LogP contribution in [0.3, 0.4) is 0 Å². The maximum absolute atomic E-state index is 14.7. The Labute approximate surface area is 416 Å². The molecule has 4 aromatic rings. The minimum absolute atomic E-state index is 0.0579. The average molecular weight is 984 g/mol. The van der Waals surface area contributed by atoms with E-state index in [1.165, 1.54) is 55.9 Å². The highest BCUT2D eigenvalue weighted by molar-refractivity contribution is 6.74. The quantitative estimate of drug-likeness (QED) is 0.0282. The molecule has 1 saturated heterocycles. The summed E-state index contributed by atoms with van der Waals surface area (Å²) >= 11 is 0. The Morgan fingerprint density at radius 1 is 0.667 bits per heavy atom. The number of hydrogen-bond acceptors (Lipinski definition) is 10. The van der Waals surface area contributed by atoms with E-state index in [0.717, 1.165) is 36.0 Å². The number of unbranched alkanes of at least 4 members (excludes halogenated alkanes) is 10. The summed E-state index contributed by atoms with van der Waals surface area (Å²) in [5.74, 6) is 1.43. The molecule has 69 heavy (non-hydrogen) atoms. The average Bonchev–Trinajstić information content (AvgIpc) is 3.63. The molecule has 4 atom stereocenters. The van der Waals surface area contributed by atoms with Crippen LogP contribution in [0.25, 0.3) is 0 Å². The Balaban J connectivity index is 1.51. The maximum atomic E-state index is 14.7. The van der Waals surface area contributed by atoms with Crippen molar-refractivity contribution < 1.29 is 32.6 Å². The third kappa shape index (κ3) is 14.4. The highest BCUT2D eigenvalue weighted by Crippen LogP contribution is 2.45. The van der Waals surface area contributed by atoms with Gasteiger partial charge in [-0.15, -0.1) is 0 Å². The Morgan fingerprint density at radius 2 is 1.16 bits per heavy atom. The van der Waals surface area contributed by atoms with E-state index in [9.17, 15) is 9.59 Å². The van der Waals surface area contributed by atoms with Gasteiger partial charge in [0.2, 0.25) is 0 Å². The van der Waals surface area contributed by atoms with Crippen molar-refractivity contribution in [3.63, 3.8) is 0 Å². The third-order valence-electron chi connectivity index (χ3n) is 14.9. The van der Waals surface area contributed by atoms with E-state index in [2.05, 4.69) is 92.1 Å². The van der Waals surface area contributed by atoms with E-state index >= 15 is 0 Å². The number of rotatable bonds is 26. The lowest BCUT2D eigenvalue weighted by atomic mass is 9.77. The number of anilines is 1. The molecule has 1 aliphatic rings. The van der Waals surface area contributed by atoms with Gasteiger partial charge in [-0.25, -0.2) is 4.79 Å². The van der Waals surface area contributed by atoms with Gasteiger partial charge in [-0.2, -0.15) is 4.98 Å². The van der Waals surface area contributed by atoms with Crippen LogP contribution in [0.2, 0.25) is 36.3 Å². The minimum Gasteiger partial charge on any atom is -0.497 e. The number of benzene rings is 3. The Bertz CT molecular complexity index is 2190. The largest absolute Gasteiger partial charge is 0.497 e. The van der Waals surface area contributed by atoms with Crippen LogP contribution in [-0.2, 0) is 28.7 Å². The number of nitrogens with zero attached hydrogens (tertiary/aromatic N) is 2. The van der Waals surface area contributed by atoms with Crippen molar-refractivity contribution in [3.8, 4) is 11.5 Å². The van der Waals surface area contributed by atoms with E-state index in [-0.39, 0.29) is 29.1 Å². The number of methoxy groups -OCH3 is 2. The van der Waals surface area contributed by atoms with Crippen LogP contribution in [0.4, 0.5) is 5.82 Å². The van der Waals surface area contributed by atoms with Gasteiger partial charge in [0, 0.05) is 12.6 Å². The molecule has 1 aliphatic heterocycles. The smallest absolute Gasteiger partial charge is 0.351 e. The number of carbonyl (C=O) groups excluding carboxylic acids is 1. The normalized spacial score (nSPS) is 18.0. The van der Waals surface area contributed by atoms with Gasteiger partial charge in [0.05, 0.1) is 20.8 Å². The fourth-order valence-corrected chi connectivity index (χ4v) is 10.8. The first-order valence-electron chi connectivity index (χ1n) is 25.6. The monoisotopic (exact) mass is 984 g/mol. The first-order valence-corrected chi connectivity index (χ1v) is 31.4. The number of nitrogens with one attached hydrogen (secondary N) is 1. The van der Waals surface area contributed by atoms with Crippen molar-refractivity contribution in [2.45, 2.75) is 192 Å². The van der Waals surface area contributed by atoms with Crippen LogP contribution in [0.15, 0.2) is 95.9 Å². The lowest BCUT2D eigenvalue weighted by Crippen LogP contribution is -2.52. The van der Waals surface area contributed by atoms with Gasteiger partial charge in [0.25, 0.3) is 0 Å². The van der Waals surface area contributed by atoms with Crippen molar-refractivity contribution in [3.05, 3.63) is 118 Å². The topological polar surface area (TPSA) is 119 Å². The highest BCUT2D eigenvalue weighted by Gasteiger charge is 2.54. The summed E-state index contributed by atoms with van der Waals surface area (Å²) in [4.78, 5) is 33.4. The summed E-state index contributed by atoms with van der Waals surface area (Å²) in [6.45, 7) is 24.5. The number of aromatic nitrogens is 2. The van der Waals surface area contributed by atoms with Gasteiger partial charge in [-0.1, -0.05) is 167 Å². The van der Waals surface area contributed by atoms with Gasteiger partial charge in [0.1, 0.15) is 35.1 Å². The molecule has 0 radical (unpaired) electrons. The Hall–Kier alpha value is -4.28. The molecule has 0 aliphatic carbocycles. The SMILES string of the molecule is CCCCCCCCCCCCCC(=O)O[C@H]1[C@H](O[Si](C)(C)C(C)(C)C)[C@@H](CO[Si](C)(C)C(C)(C)C)O[C@H]1n1ccc(NC(c2ccccc2)(c2ccc(OC)cc2)c2ccc(OC)cc2)nc1=O. The molecule has 5 rings (SSSR count). The van der Waals surface area contributed by atoms with Crippen molar-refractivity contribution in [2.24, 2.45) is 0 Å². The predicted molar refractivity (Wildman–Crippen MR) is 285 cm³/mol. The molecule has 0 amide bonds. The van der Waals surface area contributed by atoms with E-state index in [1.807, 2.05) is 66.7 Å². The molecule has 1 aromatic heterocycles. The third-order valence-corrected chi connectivity index (χ3v) is 23.8. The van der Waals surface area contributed by atoms with Gasteiger partial charge in [-0.05, 0) is 89.7 Å². The molecule has 3 aromatic carbocycles. The Morgan fingerprint density at radius 3 is 1.64 bits per heavy atom. The van der Waals surface area contributed by atoms with Crippen LogP contribution in [-0.4, -0.2) is 71.3 Å². The summed E-state index contributed by atoms with van der Waals surface area (Å²) in [6, 6.07) is 27.6. The maximum Gasteiger partial charge on any atom is 0.351 e. The second-order valence-corrected chi connectivity index (χ2v) is 31.5. The van der Waals surface area contributed by atoms with E-state index in [0.29, 0.717) is 17.3 Å². The molecule has 1 fully saturated rings. The molecule has 1 N–H and O–H groups in total. The number of ether oxygens (including phenoxy) is 4. The summed E-state index contributed by atoms with van der Waals surface area (Å²) in [5, 5.41) is 3.50. The van der Waals surface area contributed by atoms with E-state index < -0.39 is 52.4 Å². The molecule has 0 saturated carbocycles. The van der Waals surface area contributed by atoms with Crippen molar-refractivity contribution in [2.75, 3.05) is 26.1 Å². The van der Waals surface area contributed by atoms with Gasteiger partial charge in [-0.3, -0.25) is 9.36 Å². The zero-order chi connectivity index (χ0) is 50.5. The van der Waals surface area contributed by atoms with Crippen molar-refractivity contribution >= 4 is 28.4 Å². The lowest BCUT2D eigenvalue weighted by molar-refractivity contribution is -0.158. The summed E-state index contributed by atoms with van der Waals surface area (Å²) < 4.78 is 40.1. The highest BCUT2D eigenvalue weighted by atomic mass is 28.4. The molecule has 0 spiro atoms. The molecule has 0 bridgehead atoms. The standard InChI is InChI=1S/C56H85N3O8Si2/c1-14-15-16-17-18-19-20-21-22-23-27-30-49(60)66-51-50(67-69(12,13)55(5,6)7)47(41-64-68(10,11)54(2,3)4)65-52(51)59-40-39-48(57-53(59)61)58-56(42-28-25-24-26-29-42,43-31-35-45(62-8)36-32-43)44-33-37-46(63-9)38-34-44/h24-26,28-29,31-40,47,50-52H,14-23,27,30,41H2,1-13H3,(H,57,58,61)/t47-,50-,51+,52-/m1/s1. The first kappa shape index (κ1) is 55.6. The predicted octanol–water partition coefficient (Wildman–Crippen LogP) is 13.6. The summed E-state index contributed by atoms with van der Waals surface area (Å²) in [5.41, 5.74) is 1.12. The number of hydrogen-bond donors (Lipinski definition) is 1. The van der Waals surface area contributed by atoms with E-state index in [4.69, 9.17) is 32.8 Å². The molecule has 0 unspecified atom stereocenters. The molecule has 380 valence electrons. The van der Waals surface area contributed by atoms with Crippen LogP contribution >= 0.6 is 0 Å². The van der Waals surface area contributed by atoms with Crippen molar-refractivity contribution in [1.29, 1.82) is 0 Å². The molecular weight excluding hydrogens is 899 g/mol. The van der Waals surface area contributed by atoms with Crippen LogP contribution in [0.1, 0.15) is 148 Å². The minimum atomic E-state index is -2.51. The van der Waals surface area contributed by atoms with Crippen LogP contribution in [0.5, 0.6) is 11.5 Å². The summed E-state index contributed by atoms with van der Waals surface area (Å²) in [7, 11) is -1.49. The number of carbonyl (C=O) groups is 1. The molecular formula is C56H85N3O8Si2. The van der Waals surface area contributed by atoms with Gasteiger partial charge in [0.15, 0.2) is 29.0 Å². The second-order valence-electron chi connectivity index (χ2n) is 21.9. The van der Waals surface area contributed by atoms with Crippen molar-refractivity contribution in [1.82, 2.24) is 9.55 Å². The molecule has 2 heterocycles. The lowest BCUT2D eigenvalue weighted by Gasteiger charge is -2.41. The van der Waals surface area contributed by atoms with Crippen LogP contribution < -0.4 is 20.5 Å². The molecule has 11 nitrogen and oxygen atoms in total. The van der Waals surface area contributed by atoms with Gasteiger partial charge < -0.3 is 33.1 Å². The zero-order valence-corrected chi connectivity index (χ0v) is 46.3. The second kappa shape index (κ2) is 24.7. The van der Waals surface area contributed by atoms with Crippen LogP contribution in [0, 0.1) is 0 Å². The van der Waals surface area contributed by atoms with E-state index in [1.54, 1.807) is 26.5 Å². The fraction of sp³-hybridized carbons (Fsp3) is 0.589. The van der Waals surface area contributed by atoms with Gasteiger partial charge >= 0.3 is 11.7 Å². The Kier molecular flexibility index (Phi) is 19.9. The first-order chi connectivity index (χ1) is 32.7. The summed E-state index contributed by atoms with van der Waals surface area (Å²) in [6.07, 6.45) is 11.7. The number of esters is 1. The zero-order valence-electron chi connectivity index (χ0n) is 44.3. The molecule has 13 heteroatoms. The fourth-order valence-electron chi connectivity index (χ4n) is 8.46.